The molecular formula is C35H25Cl2N3O6. The Morgan fingerprint density at radius 2 is 1.22 bits per heavy atom. The smallest absolute Gasteiger partial charge is 0.273 e. The lowest BCUT2D eigenvalue weighted by molar-refractivity contribution is -0.384. The summed E-state index contributed by atoms with van der Waals surface area (Å²) in [5.41, 5.74) is 3.74. The van der Waals surface area contributed by atoms with Crippen molar-refractivity contribution in [3.8, 4) is 0 Å². The Morgan fingerprint density at radius 3 is 1.65 bits per heavy atom. The number of Topliss-reactive ketones (excluding diaryl/α,β-unsaturated/α-hetero) is 1. The Labute approximate surface area is 273 Å². The normalized spacial score (nSPS) is 21.3. The first-order valence-electron chi connectivity index (χ1n) is 14.7. The largest absolute Gasteiger partial charge is 0.292 e. The third-order valence-corrected chi connectivity index (χ3v) is 9.75. The highest BCUT2D eigenvalue weighted by molar-refractivity contribution is 6.30. The molecule has 3 atom stereocenters. The van der Waals surface area contributed by atoms with E-state index in [0.29, 0.717) is 5.02 Å². The van der Waals surface area contributed by atoms with Crippen molar-refractivity contribution < 1.29 is 24.1 Å². The number of amides is 3. The minimum absolute atomic E-state index is 0.0425. The Kier molecular flexibility index (Phi) is 7.45. The Balaban J connectivity index is 1.37. The van der Waals surface area contributed by atoms with Gasteiger partial charge in [0, 0.05) is 46.0 Å². The van der Waals surface area contributed by atoms with E-state index in [1.807, 2.05) is 48.5 Å². The number of carbonyl (C=O) groups is 4. The molecule has 9 nitrogen and oxygen atoms in total. The van der Waals surface area contributed by atoms with Gasteiger partial charge in [-0.05, 0) is 65.1 Å². The van der Waals surface area contributed by atoms with Crippen LogP contribution >= 0.6 is 23.2 Å². The SMILES string of the molecule is O=C(c1ccc(Cl)cc1)[C@H](CCCl)N(C(=O)c1ccc([N+](=O)[O-])cc1)N1C(=O)[C@@H]2C3c4ccccc4C(c4ccccc43)[C@@H]2C1=O. The molecule has 0 spiro atoms. The third-order valence-electron chi connectivity index (χ3n) is 9.28. The molecule has 1 heterocycles. The van der Waals surface area contributed by atoms with Crippen molar-refractivity contribution in [1.29, 1.82) is 0 Å². The van der Waals surface area contributed by atoms with Crippen LogP contribution in [0.25, 0.3) is 0 Å². The molecule has 1 fully saturated rings. The zero-order chi connectivity index (χ0) is 32.3. The number of nitrogens with zero attached hydrogens (tertiary/aromatic N) is 3. The van der Waals surface area contributed by atoms with E-state index in [0.717, 1.165) is 44.4 Å². The summed E-state index contributed by atoms with van der Waals surface area (Å²) in [5, 5.41) is 13.5. The highest BCUT2D eigenvalue weighted by atomic mass is 35.5. The minimum Gasteiger partial charge on any atom is -0.292 e. The third kappa shape index (κ3) is 4.53. The molecule has 0 radical (unpaired) electrons. The number of ketones is 1. The van der Waals surface area contributed by atoms with Gasteiger partial charge >= 0.3 is 0 Å². The van der Waals surface area contributed by atoms with Gasteiger partial charge in [0.25, 0.3) is 23.4 Å². The van der Waals surface area contributed by atoms with E-state index in [4.69, 9.17) is 23.2 Å². The van der Waals surface area contributed by atoms with Crippen LogP contribution in [0.5, 0.6) is 0 Å². The molecule has 0 N–H and O–H groups in total. The molecule has 11 heteroatoms. The van der Waals surface area contributed by atoms with Gasteiger partial charge in [-0.3, -0.25) is 29.3 Å². The van der Waals surface area contributed by atoms with Crippen LogP contribution in [0.15, 0.2) is 97.1 Å². The van der Waals surface area contributed by atoms with Gasteiger partial charge in [-0.25, -0.2) is 5.01 Å². The molecule has 46 heavy (non-hydrogen) atoms. The molecule has 1 saturated heterocycles. The average Bonchev–Trinajstić information content (AvgIpc) is 3.34. The molecule has 0 saturated carbocycles. The lowest BCUT2D eigenvalue weighted by atomic mass is 9.55. The monoisotopic (exact) mass is 653 g/mol. The number of hydrazine groups is 1. The van der Waals surface area contributed by atoms with Gasteiger partial charge in [0.1, 0.15) is 6.04 Å². The topological polar surface area (TPSA) is 118 Å². The quantitative estimate of drug-likeness (QED) is 0.0716. The van der Waals surface area contributed by atoms with Crippen LogP contribution in [0.1, 0.15) is 61.2 Å². The van der Waals surface area contributed by atoms with E-state index < -0.39 is 58.1 Å². The lowest BCUT2D eigenvalue weighted by Crippen LogP contribution is -2.57. The van der Waals surface area contributed by atoms with Crippen molar-refractivity contribution in [3.63, 3.8) is 0 Å². The van der Waals surface area contributed by atoms with E-state index in [1.165, 1.54) is 36.4 Å². The van der Waals surface area contributed by atoms with E-state index in [1.54, 1.807) is 0 Å². The van der Waals surface area contributed by atoms with Gasteiger partial charge in [0.2, 0.25) is 0 Å². The standard InChI is InChI=1S/C35H25Cl2N3O6/c36-18-17-27(32(41)19-9-13-21(37)14-10-19)38(33(42)20-11-15-22(16-12-20)40(45)46)39-34(43)30-28-23-5-1-2-6-24(23)29(31(30)35(39)44)26-8-4-3-7-25(26)28/h1-16,27-31H,17-18H2/t27-,28?,29?,30-,31+/m0/s1. The fourth-order valence-corrected chi connectivity index (χ4v) is 7.71. The maximum atomic E-state index is 14.7. The van der Waals surface area contributed by atoms with Gasteiger partial charge in [-0.1, -0.05) is 60.1 Å². The zero-order valence-corrected chi connectivity index (χ0v) is 25.6. The van der Waals surface area contributed by atoms with Crippen LogP contribution in [0.4, 0.5) is 5.69 Å². The molecule has 3 amide bonds. The summed E-state index contributed by atoms with van der Waals surface area (Å²) < 4.78 is 0. The molecule has 230 valence electrons. The molecule has 4 aromatic rings. The van der Waals surface area contributed by atoms with Crippen LogP contribution in [-0.2, 0) is 9.59 Å². The van der Waals surface area contributed by atoms with Crippen LogP contribution in [0.2, 0.25) is 5.02 Å². The minimum atomic E-state index is -1.35. The fraction of sp³-hybridized carbons (Fsp3) is 0.200. The van der Waals surface area contributed by atoms with Crippen LogP contribution < -0.4 is 0 Å². The first kappa shape index (κ1) is 29.8. The molecule has 8 rings (SSSR count). The first-order chi connectivity index (χ1) is 22.2. The second kappa shape index (κ2) is 11.5. The highest BCUT2D eigenvalue weighted by Gasteiger charge is 2.63. The summed E-state index contributed by atoms with van der Waals surface area (Å²) in [7, 11) is 0. The van der Waals surface area contributed by atoms with Crippen molar-refractivity contribution in [2.75, 3.05) is 5.88 Å². The number of hydrogen-bond donors (Lipinski definition) is 0. The van der Waals surface area contributed by atoms with Crippen molar-refractivity contribution in [2.24, 2.45) is 11.8 Å². The number of rotatable bonds is 8. The molecular weight excluding hydrogens is 629 g/mol. The lowest BCUT2D eigenvalue weighted by Gasteiger charge is -2.45. The van der Waals surface area contributed by atoms with Crippen LogP contribution in [0, 0.1) is 22.0 Å². The Morgan fingerprint density at radius 1 is 0.761 bits per heavy atom. The fourth-order valence-electron chi connectivity index (χ4n) is 7.38. The van der Waals surface area contributed by atoms with Crippen molar-refractivity contribution in [3.05, 3.63) is 146 Å². The number of alkyl halides is 1. The number of hydrogen-bond acceptors (Lipinski definition) is 6. The molecule has 3 aliphatic carbocycles. The molecule has 4 aromatic carbocycles. The molecule has 0 aromatic heterocycles. The van der Waals surface area contributed by atoms with Crippen LogP contribution in [-0.4, -0.2) is 50.4 Å². The Bertz CT molecular complexity index is 1810. The van der Waals surface area contributed by atoms with Gasteiger partial charge in [0.05, 0.1) is 16.8 Å². The van der Waals surface area contributed by atoms with Crippen molar-refractivity contribution in [1.82, 2.24) is 10.0 Å². The van der Waals surface area contributed by atoms with Gasteiger partial charge in [-0.2, -0.15) is 5.01 Å². The predicted octanol–water partition coefficient (Wildman–Crippen LogP) is 6.38. The van der Waals surface area contributed by atoms with Crippen molar-refractivity contribution in [2.45, 2.75) is 24.3 Å². The number of carbonyl (C=O) groups excluding carboxylic acids is 4. The number of halogens is 2. The summed E-state index contributed by atoms with van der Waals surface area (Å²) in [6, 6.07) is 25.0. The summed E-state index contributed by atoms with van der Waals surface area (Å²) in [5.74, 6) is -5.11. The maximum Gasteiger partial charge on any atom is 0.273 e. The van der Waals surface area contributed by atoms with Gasteiger partial charge in [0.15, 0.2) is 5.78 Å². The second-order valence-corrected chi connectivity index (χ2v) is 12.4. The Hall–Kier alpha value is -4.86. The van der Waals surface area contributed by atoms with Crippen molar-refractivity contribution >= 4 is 52.4 Å². The van der Waals surface area contributed by atoms with E-state index >= 15 is 0 Å². The number of non-ortho nitro benzene ring substituents is 1. The van der Waals surface area contributed by atoms with E-state index in [-0.39, 0.29) is 29.1 Å². The second-order valence-electron chi connectivity index (χ2n) is 11.6. The summed E-state index contributed by atoms with van der Waals surface area (Å²) in [6.07, 6.45) is -0.0819. The highest BCUT2D eigenvalue weighted by Crippen LogP contribution is 2.61. The summed E-state index contributed by atoms with van der Waals surface area (Å²) >= 11 is 12.3. The number of imide groups is 1. The molecule has 4 aliphatic rings. The van der Waals surface area contributed by atoms with Crippen LogP contribution in [0.3, 0.4) is 0 Å². The average molecular weight is 655 g/mol. The summed E-state index contributed by atoms with van der Waals surface area (Å²) in [6.45, 7) is 0. The van der Waals surface area contributed by atoms with E-state index in [9.17, 15) is 29.3 Å². The molecule has 2 bridgehead atoms. The first-order valence-corrected chi connectivity index (χ1v) is 15.6. The molecule has 1 aliphatic heterocycles. The van der Waals surface area contributed by atoms with Gasteiger partial charge in [-0.15, -0.1) is 11.6 Å². The predicted molar refractivity (Wildman–Crippen MR) is 170 cm³/mol. The summed E-state index contributed by atoms with van der Waals surface area (Å²) in [4.78, 5) is 68.6. The van der Waals surface area contributed by atoms with Gasteiger partial charge < -0.3 is 0 Å². The van der Waals surface area contributed by atoms with E-state index in [2.05, 4.69) is 0 Å². The molecule has 0 unspecified atom stereocenters. The number of nitro groups is 1. The number of benzene rings is 4. The number of nitro benzene ring substituents is 1. The maximum absolute atomic E-state index is 14.7. The zero-order valence-electron chi connectivity index (χ0n) is 24.1.